The van der Waals surface area contributed by atoms with Crippen molar-refractivity contribution in [1.82, 2.24) is 5.32 Å². The Labute approximate surface area is 72.2 Å². The molecule has 68 valence electrons. The Balaban J connectivity index is 2.14. The molecule has 0 aromatic carbocycles. The monoisotopic (exact) mass is 169 g/mol. The van der Waals surface area contributed by atoms with Gasteiger partial charge >= 0.3 is 5.97 Å². The van der Waals surface area contributed by atoms with Gasteiger partial charge in [-0.1, -0.05) is 0 Å². The van der Waals surface area contributed by atoms with E-state index in [0.717, 1.165) is 12.8 Å². The number of carboxylic acid groups (broad SMARTS) is 1. The van der Waals surface area contributed by atoms with Crippen molar-refractivity contribution >= 4 is 5.97 Å². The highest BCUT2D eigenvalue weighted by molar-refractivity contribution is 5.74. The van der Waals surface area contributed by atoms with Gasteiger partial charge in [0.25, 0.3) is 0 Å². The van der Waals surface area contributed by atoms with Gasteiger partial charge < -0.3 is 5.11 Å². The Morgan fingerprint density at radius 2 is 2.08 bits per heavy atom. The van der Waals surface area contributed by atoms with Gasteiger partial charge in [-0.25, -0.2) is 0 Å². The second-order valence-corrected chi connectivity index (χ2v) is 4.61. The normalized spacial score (nSPS) is 43.3. The minimum atomic E-state index is -0.689. The summed E-state index contributed by atoms with van der Waals surface area (Å²) in [6.45, 7) is 4.20. The Kier molecular flexibility index (Phi) is 1.49. The van der Waals surface area contributed by atoms with E-state index in [1.54, 1.807) is 0 Å². The SMILES string of the molecule is CC1(C)NC(C(=O)O)C2CC1C2. The molecule has 12 heavy (non-hydrogen) atoms. The fourth-order valence-electron chi connectivity index (χ4n) is 2.42. The molecule has 3 aliphatic rings. The van der Waals surface area contributed by atoms with E-state index >= 15 is 0 Å². The van der Waals surface area contributed by atoms with E-state index in [1.807, 2.05) is 0 Å². The Morgan fingerprint density at radius 3 is 2.42 bits per heavy atom. The van der Waals surface area contributed by atoms with E-state index < -0.39 is 5.97 Å². The molecular formula is C9H15NO2. The molecule has 3 rings (SSSR count). The lowest BCUT2D eigenvalue weighted by atomic mass is 9.59. The smallest absolute Gasteiger partial charge is 0.320 e. The lowest BCUT2D eigenvalue weighted by molar-refractivity contribution is -0.148. The zero-order valence-electron chi connectivity index (χ0n) is 7.50. The van der Waals surface area contributed by atoms with Crippen LogP contribution in [-0.2, 0) is 4.79 Å². The molecule has 0 aromatic rings. The van der Waals surface area contributed by atoms with Crippen LogP contribution in [0, 0.1) is 11.8 Å². The Morgan fingerprint density at radius 1 is 1.50 bits per heavy atom. The van der Waals surface area contributed by atoms with Crippen molar-refractivity contribution in [3.05, 3.63) is 0 Å². The lowest BCUT2D eigenvalue weighted by Crippen LogP contribution is -2.67. The first kappa shape index (κ1) is 8.05. The number of aliphatic carboxylic acids is 1. The van der Waals surface area contributed by atoms with Gasteiger partial charge in [-0.05, 0) is 38.5 Å². The van der Waals surface area contributed by atoms with Crippen LogP contribution in [0.3, 0.4) is 0 Å². The quantitative estimate of drug-likeness (QED) is 0.611. The van der Waals surface area contributed by atoms with E-state index in [1.165, 1.54) is 0 Å². The molecule has 0 amide bonds. The average Bonchev–Trinajstić information content (AvgIpc) is 1.80. The fourth-order valence-corrected chi connectivity index (χ4v) is 2.42. The highest BCUT2D eigenvalue weighted by atomic mass is 16.4. The summed E-state index contributed by atoms with van der Waals surface area (Å²) in [6, 6.07) is -0.301. The summed E-state index contributed by atoms with van der Waals surface area (Å²) in [5.74, 6) is 0.393. The number of hydrogen-bond donors (Lipinski definition) is 2. The highest BCUT2D eigenvalue weighted by Gasteiger charge is 2.51. The predicted octanol–water partition coefficient (Wildman–Crippen LogP) is 0.848. The maximum Gasteiger partial charge on any atom is 0.320 e. The predicted molar refractivity (Wildman–Crippen MR) is 44.9 cm³/mol. The Bertz CT molecular complexity index is 219. The van der Waals surface area contributed by atoms with E-state index in [-0.39, 0.29) is 11.6 Å². The number of fused-ring (bicyclic) bond motifs is 2. The number of hydrogen-bond acceptors (Lipinski definition) is 2. The zero-order valence-corrected chi connectivity index (χ0v) is 7.50. The maximum absolute atomic E-state index is 10.8. The minimum Gasteiger partial charge on any atom is -0.480 e. The molecule has 1 unspecified atom stereocenters. The van der Waals surface area contributed by atoms with Crippen LogP contribution >= 0.6 is 0 Å². The molecule has 2 heterocycles. The third-order valence-corrected chi connectivity index (χ3v) is 3.46. The van der Waals surface area contributed by atoms with Crippen molar-refractivity contribution in [1.29, 1.82) is 0 Å². The Hall–Kier alpha value is -0.570. The van der Waals surface area contributed by atoms with E-state index in [9.17, 15) is 4.79 Å². The molecule has 2 bridgehead atoms. The van der Waals surface area contributed by atoms with Crippen molar-refractivity contribution in [2.75, 3.05) is 0 Å². The largest absolute Gasteiger partial charge is 0.480 e. The molecule has 2 N–H and O–H groups in total. The minimum absolute atomic E-state index is 0.0256. The highest BCUT2D eigenvalue weighted by Crippen LogP contribution is 2.47. The van der Waals surface area contributed by atoms with Crippen LogP contribution in [-0.4, -0.2) is 22.7 Å². The van der Waals surface area contributed by atoms with Gasteiger partial charge in [-0.2, -0.15) is 0 Å². The first-order chi connectivity index (χ1) is 5.50. The maximum atomic E-state index is 10.8. The number of carboxylic acids is 1. The van der Waals surface area contributed by atoms with Crippen LogP contribution in [0.2, 0.25) is 0 Å². The van der Waals surface area contributed by atoms with Gasteiger partial charge in [0.2, 0.25) is 0 Å². The van der Waals surface area contributed by atoms with Crippen molar-refractivity contribution in [3.63, 3.8) is 0 Å². The standard InChI is InChI=1S/C9H15NO2/c1-9(2)6-3-5(4-6)7(10-9)8(11)12/h5-7,10H,3-4H2,1-2H3,(H,11,12). The summed E-state index contributed by atoms with van der Waals surface area (Å²) in [5, 5.41) is 12.1. The fraction of sp³-hybridized carbons (Fsp3) is 0.889. The molecule has 0 radical (unpaired) electrons. The number of rotatable bonds is 1. The molecule has 3 fully saturated rings. The molecule has 3 heteroatoms. The topological polar surface area (TPSA) is 49.3 Å². The summed E-state index contributed by atoms with van der Waals surface area (Å²) in [5.41, 5.74) is 0.0256. The molecule has 1 aliphatic carbocycles. The zero-order chi connectivity index (χ0) is 8.93. The lowest BCUT2D eigenvalue weighted by Gasteiger charge is -2.55. The number of carbonyl (C=O) groups is 1. The third-order valence-electron chi connectivity index (χ3n) is 3.46. The number of piperidine rings is 2. The summed E-state index contributed by atoms with van der Waals surface area (Å²) in [6.07, 6.45) is 2.19. The first-order valence-electron chi connectivity index (χ1n) is 4.51. The molecule has 0 aromatic heterocycles. The van der Waals surface area contributed by atoms with E-state index in [0.29, 0.717) is 11.8 Å². The summed E-state index contributed by atoms with van der Waals surface area (Å²) in [7, 11) is 0. The van der Waals surface area contributed by atoms with Crippen molar-refractivity contribution in [2.24, 2.45) is 11.8 Å². The number of nitrogens with one attached hydrogen (secondary N) is 1. The second-order valence-electron chi connectivity index (χ2n) is 4.61. The van der Waals surface area contributed by atoms with Gasteiger partial charge in [0.15, 0.2) is 0 Å². The van der Waals surface area contributed by atoms with Crippen LogP contribution in [0.5, 0.6) is 0 Å². The van der Waals surface area contributed by atoms with Gasteiger partial charge in [0.1, 0.15) is 6.04 Å². The molecule has 0 spiro atoms. The van der Waals surface area contributed by atoms with Gasteiger partial charge in [0.05, 0.1) is 0 Å². The van der Waals surface area contributed by atoms with E-state index in [2.05, 4.69) is 19.2 Å². The van der Waals surface area contributed by atoms with Crippen molar-refractivity contribution in [2.45, 2.75) is 38.3 Å². The van der Waals surface area contributed by atoms with Crippen LogP contribution in [0.15, 0.2) is 0 Å². The summed E-state index contributed by atoms with van der Waals surface area (Å²) < 4.78 is 0. The second kappa shape index (κ2) is 2.22. The van der Waals surface area contributed by atoms with Gasteiger partial charge in [0, 0.05) is 5.54 Å². The van der Waals surface area contributed by atoms with Crippen LogP contribution < -0.4 is 5.32 Å². The van der Waals surface area contributed by atoms with Gasteiger partial charge in [-0.15, -0.1) is 0 Å². The third kappa shape index (κ3) is 0.959. The molecule has 3 nitrogen and oxygen atoms in total. The summed E-state index contributed by atoms with van der Waals surface area (Å²) >= 11 is 0. The first-order valence-corrected chi connectivity index (χ1v) is 4.51. The molecule has 2 aliphatic heterocycles. The van der Waals surface area contributed by atoms with Crippen LogP contribution in [0.1, 0.15) is 26.7 Å². The molecular weight excluding hydrogens is 154 g/mol. The van der Waals surface area contributed by atoms with Gasteiger partial charge in [-0.3, -0.25) is 10.1 Å². The van der Waals surface area contributed by atoms with E-state index in [4.69, 9.17) is 5.11 Å². The summed E-state index contributed by atoms with van der Waals surface area (Å²) in [4.78, 5) is 10.8. The average molecular weight is 169 g/mol. The molecule has 1 atom stereocenters. The van der Waals surface area contributed by atoms with Crippen LogP contribution in [0.25, 0.3) is 0 Å². The molecule has 1 saturated carbocycles. The molecule has 2 saturated heterocycles. The van der Waals surface area contributed by atoms with Crippen LogP contribution in [0.4, 0.5) is 0 Å². The van der Waals surface area contributed by atoms with Crippen molar-refractivity contribution in [3.8, 4) is 0 Å². The van der Waals surface area contributed by atoms with Crippen molar-refractivity contribution < 1.29 is 9.90 Å².